The number of carbonyl (C=O) groups is 1. The zero-order valence-corrected chi connectivity index (χ0v) is 15.4. The Morgan fingerprint density at radius 2 is 1.96 bits per heavy atom. The SMILES string of the molecule is CCN(CC)CCOc1ccccc1CNC(=O)c1ccc(Cl)nc1. The van der Waals surface area contributed by atoms with E-state index in [1.807, 2.05) is 24.3 Å². The van der Waals surface area contributed by atoms with Crippen LogP contribution in [0, 0.1) is 0 Å². The highest BCUT2D eigenvalue weighted by molar-refractivity contribution is 6.29. The molecule has 0 atom stereocenters. The number of aromatic nitrogens is 1. The van der Waals surface area contributed by atoms with Crippen molar-refractivity contribution in [2.24, 2.45) is 0 Å². The molecule has 1 amide bonds. The van der Waals surface area contributed by atoms with Crippen LogP contribution in [0.5, 0.6) is 5.75 Å². The highest BCUT2D eigenvalue weighted by atomic mass is 35.5. The number of para-hydroxylation sites is 1. The standard InChI is InChI=1S/C19H24ClN3O2/c1-3-23(4-2)11-12-25-17-8-6-5-7-15(17)13-22-19(24)16-9-10-18(20)21-14-16/h5-10,14H,3-4,11-13H2,1-2H3,(H,22,24). The molecule has 6 heteroatoms. The van der Waals surface area contributed by atoms with E-state index in [-0.39, 0.29) is 5.91 Å². The number of hydrogen-bond donors (Lipinski definition) is 1. The van der Waals surface area contributed by atoms with Gasteiger partial charge in [0.15, 0.2) is 0 Å². The van der Waals surface area contributed by atoms with E-state index in [4.69, 9.17) is 16.3 Å². The Labute approximate surface area is 154 Å². The van der Waals surface area contributed by atoms with Gasteiger partial charge in [-0.25, -0.2) is 4.98 Å². The Hall–Kier alpha value is -2.11. The van der Waals surface area contributed by atoms with Crippen molar-refractivity contribution in [1.29, 1.82) is 0 Å². The van der Waals surface area contributed by atoms with Crippen molar-refractivity contribution < 1.29 is 9.53 Å². The largest absolute Gasteiger partial charge is 0.492 e. The number of halogens is 1. The molecule has 0 fully saturated rings. The number of likely N-dealkylation sites (N-methyl/N-ethyl adjacent to an activating group) is 1. The quantitative estimate of drug-likeness (QED) is 0.695. The second kappa shape index (κ2) is 10.0. The first-order chi connectivity index (χ1) is 12.1. The molecule has 0 saturated carbocycles. The third-order valence-electron chi connectivity index (χ3n) is 3.96. The summed E-state index contributed by atoms with van der Waals surface area (Å²) in [6, 6.07) is 11.0. The minimum absolute atomic E-state index is 0.192. The molecule has 0 saturated heterocycles. The Morgan fingerprint density at radius 1 is 1.20 bits per heavy atom. The predicted octanol–water partition coefficient (Wildman–Crippen LogP) is 3.39. The van der Waals surface area contributed by atoms with Gasteiger partial charge >= 0.3 is 0 Å². The van der Waals surface area contributed by atoms with Crippen molar-refractivity contribution in [2.45, 2.75) is 20.4 Å². The lowest BCUT2D eigenvalue weighted by molar-refractivity contribution is 0.0950. The van der Waals surface area contributed by atoms with Gasteiger partial charge in [-0.05, 0) is 31.3 Å². The van der Waals surface area contributed by atoms with Gasteiger partial charge < -0.3 is 15.0 Å². The van der Waals surface area contributed by atoms with Crippen molar-refractivity contribution in [2.75, 3.05) is 26.2 Å². The minimum Gasteiger partial charge on any atom is -0.492 e. The molecule has 1 N–H and O–H groups in total. The molecular weight excluding hydrogens is 338 g/mol. The lowest BCUT2D eigenvalue weighted by atomic mass is 10.2. The highest BCUT2D eigenvalue weighted by Crippen LogP contribution is 2.18. The zero-order valence-electron chi connectivity index (χ0n) is 14.7. The lowest BCUT2D eigenvalue weighted by Crippen LogP contribution is -2.28. The molecule has 0 bridgehead atoms. The summed E-state index contributed by atoms with van der Waals surface area (Å²) in [5.74, 6) is 0.603. The molecule has 1 aromatic heterocycles. The molecular formula is C19H24ClN3O2. The molecule has 2 aromatic rings. The molecule has 1 aromatic carbocycles. The smallest absolute Gasteiger partial charge is 0.253 e. The number of rotatable bonds is 9. The van der Waals surface area contributed by atoms with E-state index in [0.717, 1.165) is 30.9 Å². The van der Waals surface area contributed by atoms with Gasteiger partial charge in [-0.3, -0.25) is 4.79 Å². The second-order valence-corrected chi connectivity index (χ2v) is 5.92. The number of hydrogen-bond acceptors (Lipinski definition) is 4. The van der Waals surface area contributed by atoms with Crippen LogP contribution in [-0.2, 0) is 6.54 Å². The van der Waals surface area contributed by atoms with Crippen LogP contribution in [0.15, 0.2) is 42.6 Å². The van der Waals surface area contributed by atoms with Crippen molar-refractivity contribution in [3.8, 4) is 5.75 Å². The number of nitrogens with one attached hydrogen (secondary N) is 1. The van der Waals surface area contributed by atoms with Gasteiger partial charge in [0.1, 0.15) is 17.5 Å². The summed E-state index contributed by atoms with van der Waals surface area (Å²) >= 11 is 5.74. The summed E-state index contributed by atoms with van der Waals surface area (Å²) in [5, 5.41) is 3.25. The Bertz CT molecular complexity index is 673. The summed E-state index contributed by atoms with van der Waals surface area (Å²) in [4.78, 5) is 18.4. The topological polar surface area (TPSA) is 54.5 Å². The van der Waals surface area contributed by atoms with Gasteiger partial charge in [0.25, 0.3) is 5.91 Å². The first kappa shape index (κ1) is 19.2. The minimum atomic E-state index is -0.192. The molecule has 25 heavy (non-hydrogen) atoms. The lowest BCUT2D eigenvalue weighted by Gasteiger charge is -2.19. The average molecular weight is 362 g/mol. The van der Waals surface area contributed by atoms with Gasteiger partial charge in [-0.2, -0.15) is 0 Å². The number of pyridine rings is 1. The average Bonchev–Trinajstić information content (AvgIpc) is 2.64. The van der Waals surface area contributed by atoms with E-state index in [0.29, 0.717) is 23.9 Å². The summed E-state index contributed by atoms with van der Waals surface area (Å²) < 4.78 is 5.90. The van der Waals surface area contributed by atoms with Crippen LogP contribution in [0.3, 0.4) is 0 Å². The zero-order chi connectivity index (χ0) is 18.1. The van der Waals surface area contributed by atoms with Gasteiger partial charge in [-0.15, -0.1) is 0 Å². The summed E-state index contributed by atoms with van der Waals surface area (Å²) in [5.41, 5.74) is 1.42. The van der Waals surface area contributed by atoms with E-state index in [2.05, 4.69) is 29.0 Å². The first-order valence-corrected chi connectivity index (χ1v) is 8.84. The van der Waals surface area contributed by atoms with Crippen molar-refractivity contribution in [3.63, 3.8) is 0 Å². The number of benzene rings is 1. The maximum absolute atomic E-state index is 12.2. The maximum atomic E-state index is 12.2. The van der Waals surface area contributed by atoms with Gasteiger partial charge in [0.05, 0.1) is 5.56 Å². The molecule has 0 unspecified atom stereocenters. The van der Waals surface area contributed by atoms with E-state index >= 15 is 0 Å². The molecule has 0 aliphatic carbocycles. The molecule has 1 heterocycles. The summed E-state index contributed by atoms with van der Waals surface area (Å²) in [7, 11) is 0. The van der Waals surface area contributed by atoms with E-state index < -0.39 is 0 Å². The number of ether oxygens (including phenoxy) is 1. The van der Waals surface area contributed by atoms with Crippen LogP contribution < -0.4 is 10.1 Å². The Morgan fingerprint density at radius 3 is 2.64 bits per heavy atom. The van der Waals surface area contributed by atoms with Crippen molar-refractivity contribution >= 4 is 17.5 Å². The first-order valence-electron chi connectivity index (χ1n) is 8.46. The molecule has 2 rings (SSSR count). The summed E-state index contributed by atoms with van der Waals surface area (Å²) in [6.07, 6.45) is 1.46. The van der Waals surface area contributed by atoms with Gasteiger partial charge in [0.2, 0.25) is 0 Å². The number of amides is 1. The van der Waals surface area contributed by atoms with E-state index in [9.17, 15) is 4.79 Å². The number of carbonyl (C=O) groups excluding carboxylic acids is 1. The third-order valence-corrected chi connectivity index (χ3v) is 4.18. The molecule has 0 aliphatic heterocycles. The van der Waals surface area contributed by atoms with Crippen molar-refractivity contribution in [1.82, 2.24) is 15.2 Å². The monoisotopic (exact) mass is 361 g/mol. The summed E-state index contributed by atoms with van der Waals surface area (Å²) in [6.45, 7) is 8.18. The van der Waals surface area contributed by atoms with E-state index in [1.165, 1.54) is 6.20 Å². The fourth-order valence-electron chi connectivity index (χ4n) is 2.40. The molecule has 0 radical (unpaired) electrons. The molecule has 134 valence electrons. The van der Waals surface area contributed by atoms with Crippen LogP contribution >= 0.6 is 11.6 Å². The Kier molecular flexibility index (Phi) is 7.70. The number of nitrogens with zero attached hydrogens (tertiary/aromatic N) is 2. The van der Waals surface area contributed by atoms with Gasteiger partial charge in [0, 0.05) is 24.8 Å². The van der Waals surface area contributed by atoms with Crippen LogP contribution in [0.1, 0.15) is 29.8 Å². The predicted molar refractivity (Wildman–Crippen MR) is 100 cm³/mol. The molecule has 0 aliphatic rings. The highest BCUT2D eigenvalue weighted by Gasteiger charge is 2.09. The van der Waals surface area contributed by atoms with Crippen LogP contribution in [0.4, 0.5) is 0 Å². The second-order valence-electron chi connectivity index (χ2n) is 5.54. The third kappa shape index (κ3) is 6.03. The van der Waals surface area contributed by atoms with Crippen LogP contribution in [0.25, 0.3) is 0 Å². The molecule has 5 nitrogen and oxygen atoms in total. The maximum Gasteiger partial charge on any atom is 0.253 e. The normalized spacial score (nSPS) is 10.7. The fourth-order valence-corrected chi connectivity index (χ4v) is 2.51. The van der Waals surface area contributed by atoms with Gasteiger partial charge in [-0.1, -0.05) is 43.6 Å². The van der Waals surface area contributed by atoms with Crippen LogP contribution in [-0.4, -0.2) is 42.0 Å². The van der Waals surface area contributed by atoms with Crippen molar-refractivity contribution in [3.05, 3.63) is 58.9 Å². The fraction of sp³-hybridized carbons (Fsp3) is 0.368. The van der Waals surface area contributed by atoms with E-state index in [1.54, 1.807) is 12.1 Å². The van der Waals surface area contributed by atoms with Crippen LogP contribution in [0.2, 0.25) is 5.15 Å². The molecule has 0 spiro atoms. The Balaban J connectivity index is 1.91.